The number of amides is 2. The summed E-state index contributed by atoms with van der Waals surface area (Å²) in [6.07, 6.45) is -3.81. The molecule has 0 heterocycles. The highest BCUT2D eigenvalue weighted by Crippen LogP contribution is 2.37. The quantitative estimate of drug-likeness (QED) is 0.408. The van der Waals surface area contributed by atoms with Crippen molar-refractivity contribution in [1.82, 2.24) is 10.2 Å². The smallest absolute Gasteiger partial charge is 0.354 e. The molecule has 7 nitrogen and oxygen atoms in total. The first-order valence-corrected chi connectivity index (χ1v) is 14.2. The average molecular weight is 576 g/mol. The number of sulfonamides is 1. The summed E-state index contributed by atoms with van der Waals surface area (Å²) in [6.45, 7) is 6.98. The van der Waals surface area contributed by atoms with Crippen LogP contribution in [0.3, 0.4) is 0 Å². The Morgan fingerprint density at radius 2 is 1.74 bits per heavy atom. The van der Waals surface area contributed by atoms with Crippen molar-refractivity contribution in [2.45, 2.75) is 52.9 Å². The van der Waals surface area contributed by atoms with Crippen LogP contribution < -0.4 is 9.62 Å². The first-order valence-electron chi connectivity index (χ1n) is 12.0. The summed E-state index contributed by atoms with van der Waals surface area (Å²) in [4.78, 5) is 28.0. The van der Waals surface area contributed by atoms with E-state index in [1.54, 1.807) is 19.1 Å². The third kappa shape index (κ3) is 8.36. The topological polar surface area (TPSA) is 86.8 Å². The summed E-state index contributed by atoms with van der Waals surface area (Å²) in [7, 11) is -4.20. The number of nitrogens with one attached hydrogen (secondary N) is 1. The van der Waals surface area contributed by atoms with Gasteiger partial charge in [-0.2, -0.15) is 13.2 Å². The molecule has 0 saturated carbocycles. The molecule has 0 saturated heterocycles. The maximum absolute atomic E-state index is 13.7. The van der Waals surface area contributed by atoms with Gasteiger partial charge in [0, 0.05) is 13.1 Å². The van der Waals surface area contributed by atoms with Gasteiger partial charge in [0.25, 0.3) is 0 Å². The molecule has 0 spiro atoms. The van der Waals surface area contributed by atoms with Gasteiger partial charge in [0.15, 0.2) is 0 Å². The van der Waals surface area contributed by atoms with Gasteiger partial charge in [0.1, 0.15) is 12.6 Å². The zero-order chi connectivity index (χ0) is 28.8. The lowest BCUT2D eigenvalue weighted by Crippen LogP contribution is -2.52. The second-order valence-electron chi connectivity index (χ2n) is 9.44. The van der Waals surface area contributed by atoms with Gasteiger partial charge in [-0.1, -0.05) is 56.6 Å². The summed E-state index contributed by atoms with van der Waals surface area (Å²) in [5, 5.41) is 2.21. The van der Waals surface area contributed by atoms with Gasteiger partial charge < -0.3 is 10.2 Å². The minimum absolute atomic E-state index is 0.00509. The molecule has 12 heteroatoms. The SMILES string of the molecule is CC[C@H](C(=O)NCC(C)C)N(Cc1ccccc1C)C(=O)CN(c1ccc(Cl)c(C(F)(F)F)c1)S(C)(=O)=O. The van der Waals surface area contributed by atoms with E-state index in [1.165, 1.54) is 4.90 Å². The number of benzene rings is 2. The molecule has 0 bridgehead atoms. The summed E-state index contributed by atoms with van der Waals surface area (Å²) >= 11 is 5.70. The Morgan fingerprint density at radius 3 is 2.26 bits per heavy atom. The number of aryl methyl sites for hydroxylation is 1. The molecule has 0 aliphatic carbocycles. The Morgan fingerprint density at radius 1 is 1.11 bits per heavy atom. The Labute approximate surface area is 227 Å². The molecule has 0 aliphatic heterocycles. The van der Waals surface area contributed by atoms with Crippen LogP contribution in [0.1, 0.15) is 43.9 Å². The average Bonchev–Trinajstić information content (AvgIpc) is 2.81. The van der Waals surface area contributed by atoms with Crippen LogP contribution >= 0.6 is 11.6 Å². The molecule has 38 heavy (non-hydrogen) atoms. The Balaban J connectivity index is 2.52. The van der Waals surface area contributed by atoms with E-state index >= 15 is 0 Å². The fourth-order valence-corrected chi connectivity index (χ4v) is 4.88. The van der Waals surface area contributed by atoms with Crippen molar-refractivity contribution in [3.05, 3.63) is 64.2 Å². The zero-order valence-electron chi connectivity index (χ0n) is 22.0. The lowest BCUT2D eigenvalue weighted by molar-refractivity contribution is -0.140. The number of carbonyl (C=O) groups is 2. The van der Waals surface area contributed by atoms with E-state index in [4.69, 9.17) is 11.6 Å². The van der Waals surface area contributed by atoms with Gasteiger partial charge in [-0.3, -0.25) is 13.9 Å². The first-order chi connectivity index (χ1) is 17.6. The van der Waals surface area contributed by atoms with Crippen molar-refractivity contribution in [3.63, 3.8) is 0 Å². The maximum Gasteiger partial charge on any atom is 0.417 e. The van der Waals surface area contributed by atoms with E-state index in [2.05, 4.69) is 5.32 Å². The van der Waals surface area contributed by atoms with E-state index in [1.807, 2.05) is 32.9 Å². The molecule has 0 fully saturated rings. The van der Waals surface area contributed by atoms with Crippen LogP contribution in [0, 0.1) is 12.8 Å². The van der Waals surface area contributed by atoms with Crippen LogP contribution in [-0.4, -0.2) is 50.5 Å². The number of hydrogen-bond donors (Lipinski definition) is 1. The first kappa shape index (κ1) is 31.4. The lowest BCUT2D eigenvalue weighted by atomic mass is 10.1. The minimum Gasteiger partial charge on any atom is -0.354 e. The molecular weight excluding hydrogens is 543 g/mol. The third-order valence-corrected chi connectivity index (χ3v) is 7.37. The molecule has 2 amide bonds. The van der Waals surface area contributed by atoms with Gasteiger partial charge in [0.2, 0.25) is 21.8 Å². The lowest BCUT2D eigenvalue weighted by Gasteiger charge is -2.33. The number of anilines is 1. The minimum atomic E-state index is -4.83. The largest absolute Gasteiger partial charge is 0.417 e. The van der Waals surface area contributed by atoms with Crippen LogP contribution in [0.5, 0.6) is 0 Å². The number of alkyl halides is 3. The second-order valence-corrected chi connectivity index (χ2v) is 11.8. The molecule has 0 radical (unpaired) electrons. The predicted molar refractivity (Wildman–Crippen MR) is 142 cm³/mol. The zero-order valence-corrected chi connectivity index (χ0v) is 23.5. The molecule has 1 atom stereocenters. The number of carbonyl (C=O) groups excluding carboxylic acids is 2. The van der Waals surface area contributed by atoms with Crippen molar-refractivity contribution in [2.24, 2.45) is 5.92 Å². The number of rotatable bonds is 11. The molecule has 2 aromatic rings. The Kier molecular flexibility index (Phi) is 10.6. The van der Waals surface area contributed by atoms with E-state index in [-0.39, 0.29) is 24.6 Å². The van der Waals surface area contributed by atoms with Gasteiger partial charge in [-0.15, -0.1) is 0 Å². The van der Waals surface area contributed by atoms with Gasteiger partial charge in [-0.25, -0.2) is 8.42 Å². The molecule has 0 aromatic heterocycles. The summed E-state index contributed by atoms with van der Waals surface area (Å²) in [5.74, 6) is -0.987. The molecule has 1 N–H and O–H groups in total. The number of hydrogen-bond acceptors (Lipinski definition) is 4. The second kappa shape index (κ2) is 12.8. The third-order valence-electron chi connectivity index (χ3n) is 5.89. The molecule has 0 aliphatic rings. The van der Waals surface area contributed by atoms with Crippen LogP contribution in [0.4, 0.5) is 18.9 Å². The van der Waals surface area contributed by atoms with Crippen molar-refractivity contribution >= 4 is 39.1 Å². The fraction of sp³-hybridized carbons (Fsp3) is 0.462. The highest BCUT2D eigenvalue weighted by molar-refractivity contribution is 7.92. The fourth-order valence-electron chi connectivity index (χ4n) is 3.81. The molecule has 210 valence electrons. The van der Waals surface area contributed by atoms with Gasteiger partial charge in [0.05, 0.1) is 22.5 Å². The summed E-state index contributed by atoms with van der Waals surface area (Å²) in [5.41, 5.74) is 0.00250. The van der Waals surface area contributed by atoms with Crippen molar-refractivity contribution in [3.8, 4) is 0 Å². The van der Waals surface area contributed by atoms with Crippen LogP contribution in [0.2, 0.25) is 5.02 Å². The van der Waals surface area contributed by atoms with Crippen LogP contribution in [0.25, 0.3) is 0 Å². The van der Waals surface area contributed by atoms with Crippen molar-refractivity contribution in [1.29, 1.82) is 0 Å². The van der Waals surface area contributed by atoms with E-state index in [0.717, 1.165) is 29.5 Å². The standard InChI is InChI=1S/C26H33ClF3N3O4S/c1-6-23(25(35)31-14-17(2)3)32(15-19-10-8-7-9-18(19)4)24(34)16-33(38(5,36)37)20-11-12-22(27)21(13-20)26(28,29)30/h7-13,17,23H,6,14-16H2,1-5H3,(H,31,35)/t23-/m1/s1. The van der Waals surface area contributed by atoms with E-state index in [9.17, 15) is 31.2 Å². The van der Waals surface area contributed by atoms with Crippen LogP contribution in [0.15, 0.2) is 42.5 Å². The maximum atomic E-state index is 13.7. The van der Waals surface area contributed by atoms with Gasteiger partial charge in [-0.05, 0) is 48.6 Å². The summed E-state index contributed by atoms with van der Waals surface area (Å²) < 4.78 is 66.3. The van der Waals surface area contributed by atoms with E-state index < -0.39 is 51.2 Å². The van der Waals surface area contributed by atoms with E-state index in [0.29, 0.717) is 16.9 Å². The molecule has 2 aromatic carbocycles. The predicted octanol–water partition coefficient (Wildman–Crippen LogP) is 5.01. The molecular formula is C26H33ClF3N3O4S. The van der Waals surface area contributed by atoms with Crippen LogP contribution in [-0.2, 0) is 32.3 Å². The number of halogens is 4. The number of nitrogens with zero attached hydrogens (tertiary/aromatic N) is 2. The monoisotopic (exact) mass is 575 g/mol. The highest BCUT2D eigenvalue weighted by Gasteiger charge is 2.36. The summed E-state index contributed by atoms with van der Waals surface area (Å²) in [6, 6.07) is 8.92. The normalized spacial score (nSPS) is 12.8. The van der Waals surface area contributed by atoms with Gasteiger partial charge >= 0.3 is 6.18 Å². The molecule has 0 unspecified atom stereocenters. The Hall–Kier alpha value is -2.79. The highest BCUT2D eigenvalue weighted by atomic mass is 35.5. The van der Waals surface area contributed by atoms with Crippen molar-refractivity contribution in [2.75, 3.05) is 23.7 Å². The molecule has 2 rings (SSSR count). The Bertz CT molecular complexity index is 1250. The van der Waals surface area contributed by atoms with Crippen molar-refractivity contribution < 1.29 is 31.2 Å².